The van der Waals surface area contributed by atoms with Gasteiger partial charge in [0, 0.05) is 11.8 Å². The van der Waals surface area contributed by atoms with Gasteiger partial charge in [0.15, 0.2) is 17.4 Å². The smallest absolute Gasteiger partial charge is 0.291 e. The van der Waals surface area contributed by atoms with Gasteiger partial charge in [-0.2, -0.15) is 0 Å². The molecule has 6 heteroatoms. The van der Waals surface area contributed by atoms with Crippen molar-refractivity contribution in [3.8, 4) is 0 Å². The Morgan fingerprint density at radius 3 is 2.61 bits per heavy atom. The highest BCUT2D eigenvalue weighted by Crippen LogP contribution is 2.16. The lowest BCUT2D eigenvalue weighted by atomic mass is 10.3. The Bertz CT molecular complexity index is 583. The monoisotopic (exact) mass is 271 g/mol. The summed E-state index contributed by atoms with van der Waals surface area (Å²) in [6.45, 7) is 0. The number of halogens is 3. The van der Waals surface area contributed by atoms with Crippen LogP contribution in [0.3, 0.4) is 0 Å². The Labute approximate surface area is 106 Å². The zero-order valence-electron chi connectivity index (χ0n) is 9.04. The van der Waals surface area contributed by atoms with Crippen molar-refractivity contribution in [2.45, 2.75) is 5.88 Å². The molecule has 1 aromatic heterocycles. The SMILES string of the molecule is O=C(Nc1ccc(F)c(F)c1)c1ccc(CCl)o1. The maximum absolute atomic E-state index is 12.9. The molecular formula is C12H8ClF2NO2. The van der Waals surface area contributed by atoms with Gasteiger partial charge in [0.25, 0.3) is 5.91 Å². The van der Waals surface area contributed by atoms with Crippen molar-refractivity contribution in [3.63, 3.8) is 0 Å². The molecule has 1 heterocycles. The van der Waals surface area contributed by atoms with Crippen molar-refractivity contribution in [1.29, 1.82) is 0 Å². The summed E-state index contributed by atoms with van der Waals surface area (Å²) < 4.78 is 30.7. The second kappa shape index (κ2) is 5.18. The molecule has 0 aliphatic heterocycles. The van der Waals surface area contributed by atoms with Crippen molar-refractivity contribution < 1.29 is 18.0 Å². The lowest BCUT2D eigenvalue weighted by Gasteiger charge is -2.03. The van der Waals surface area contributed by atoms with Crippen LogP contribution in [-0.4, -0.2) is 5.91 Å². The lowest BCUT2D eigenvalue weighted by Crippen LogP contribution is -2.11. The summed E-state index contributed by atoms with van der Waals surface area (Å²) in [5.41, 5.74) is 0.141. The molecule has 0 radical (unpaired) electrons. The van der Waals surface area contributed by atoms with Gasteiger partial charge in [-0.25, -0.2) is 8.78 Å². The Hall–Kier alpha value is -1.88. The Balaban J connectivity index is 2.13. The fourth-order valence-corrected chi connectivity index (χ4v) is 1.48. The molecule has 2 aromatic rings. The molecule has 18 heavy (non-hydrogen) atoms. The van der Waals surface area contributed by atoms with Crippen LogP contribution in [0.1, 0.15) is 16.3 Å². The highest BCUT2D eigenvalue weighted by molar-refractivity contribution is 6.16. The number of anilines is 1. The second-order valence-electron chi connectivity index (χ2n) is 3.48. The molecule has 0 spiro atoms. The van der Waals surface area contributed by atoms with Gasteiger partial charge < -0.3 is 9.73 Å². The first-order valence-corrected chi connectivity index (χ1v) is 5.54. The maximum atomic E-state index is 12.9. The fourth-order valence-electron chi connectivity index (χ4n) is 1.34. The van der Waals surface area contributed by atoms with Gasteiger partial charge in [0.2, 0.25) is 0 Å². The normalized spacial score (nSPS) is 10.4. The summed E-state index contributed by atoms with van der Waals surface area (Å²) in [5, 5.41) is 2.38. The first-order valence-electron chi connectivity index (χ1n) is 5.01. The molecule has 0 unspecified atom stereocenters. The molecule has 1 amide bonds. The van der Waals surface area contributed by atoms with Crippen molar-refractivity contribution >= 4 is 23.2 Å². The number of rotatable bonds is 3. The van der Waals surface area contributed by atoms with Crippen molar-refractivity contribution in [2.24, 2.45) is 0 Å². The van der Waals surface area contributed by atoms with Gasteiger partial charge >= 0.3 is 0 Å². The lowest BCUT2D eigenvalue weighted by molar-refractivity contribution is 0.0995. The van der Waals surface area contributed by atoms with E-state index in [1.165, 1.54) is 12.1 Å². The molecule has 0 saturated heterocycles. The van der Waals surface area contributed by atoms with Crippen molar-refractivity contribution in [3.05, 3.63) is 53.5 Å². The van der Waals surface area contributed by atoms with Crippen molar-refractivity contribution in [1.82, 2.24) is 0 Å². The fraction of sp³-hybridized carbons (Fsp3) is 0.0833. The van der Waals surface area contributed by atoms with E-state index in [0.717, 1.165) is 12.1 Å². The molecule has 0 atom stereocenters. The van der Waals surface area contributed by atoms with E-state index in [0.29, 0.717) is 5.76 Å². The van der Waals surface area contributed by atoms with E-state index in [1.54, 1.807) is 6.07 Å². The van der Waals surface area contributed by atoms with E-state index in [2.05, 4.69) is 5.32 Å². The largest absolute Gasteiger partial charge is 0.455 e. The molecule has 1 N–H and O–H groups in total. The number of benzene rings is 1. The average molecular weight is 272 g/mol. The number of carbonyl (C=O) groups is 1. The van der Waals surface area contributed by atoms with Crippen LogP contribution in [0.25, 0.3) is 0 Å². The molecule has 0 saturated carbocycles. The molecule has 94 valence electrons. The van der Waals surface area contributed by atoms with Crippen LogP contribution in [0.15, 0.2) is 34.7 Å². The van der Waals surface area contributed by atoms with Gasteiger partial charge in [-0.15, -0.1) is 11.6 Å². The summed E-state index contributed by atoms with van der Waals surface area (Å²) in [7, 11) is 0. The molecule has 0 aliphatic carbocycles. The molecule has 0 fully saturated rings. The minimum absolute atomic E-state index is 0.0513. The first-order chi connectivity index (χ1) is 8.60. The van der Waals surface area contributed by atoms with Crippen LogP contribution < -0.4 is 5.32 Å². The predicted octanol–water partition coefficient (Wildman–Crippen LogP) is 3.55. The zero-order chi connectivity index (χ0) is 13.1. The molecule has 0 aliphatic rings. The Kier molecular flexibility index (Phi) is 3.62. The van der Waals surface area contributed by atoms with Crippen LogP contribution in [0.4, 0.5) is 14.5 Å². The van der Waals surface area contributed by atoms with Gasteiger partial charge in [0.1, 0.15) is 5.76 Å². The highest BCUT2D eigenvalue weighted by Gasteiger charge is 2.12. The number of hydrogen-bond donors (Lipinski definition) is 1. The quantitative estimate of drug-likeness (QED) is 0.868. The second-order valence-corrected chi connectivity index (χ2v) is 3.75. The number of alkyl halides is 1. The van der Waals surface area contributed by atoms with Gasteiger partial charge in [-0.05, 0) is 24.3 Å². The minimum Gasteiger partial charge on any atom is -0.455 e. The van der Waals surface area contributed by atoms with Crippen molar-refractivity contribution in [2.75, 3.05) is 5.32 Å². The van der Waals surface area contributed by atoms with E-state index in [1.807, 2.05) is 0 Å². The average Bonchev–Trinajstić information content (AvgIpc) is 2.82. The third-order valence-electron chi connectivity index (χ3n) is 2.19. The molecular weight excluding hydrogens is 264 g/mol. The van der Waals surface area contributed by atoms with E-state index < -0.39 is 17.5 Å². The summed E-state index contributed by atoms with van der Waals surface area (Å²) in [6, 6.07) is 6.08. The highest BCUT2D eigenvalue weighted by atomic mass is 35.5. The topological polar surface area (TPSA) is 42.2 Å². The molecule has 0 bridgehead atoms. The summed E-state index contributed by atoms with van der Waals surface area (Å²) in [5.74, 6) is -1.91. The van der Waals surface area contributed by atoms with Gasteiger partial charge in [-0.3, -0.25) is 4.79 Å². The van der Waals surface area contributed by atoms with E-state index in [-0.39, 0.29) is 17.3 Å². The standard InChI is InChI=1S/C12H8ClF2NO2/c13-6-8-2-4-11(18-8)12(17)16-7-1-3-9(14)10(15)5-7/h1-5H,6H2,(H,16,17). The summed E-state index contributed by atoms with van der Waals surface area (Å²) >= 11 is 5.53. The zero-order valence-corrected chi connectivity index (χ0v) is 9.80. The molecule has 3 nitrogen and oxygen atoms in total. The van der Waals surface area contributed by atoms with E-state index >= 15 is 0 Å². The molecule has 2 rings (SSSR count). The van der Waals surface area contributed by atoms with Crippen LogP contribution in [-0.2, 0) is 5.88 Å². The third kappa shape index (κ3) is 2.68. The van der Waals surface area contributed by atoms with Crippen LogP contribution in [0.5, 0.6) is 0 Å². The van der Waals surface area contributed by atoms with E-state index in [4.69, 9.17) is 16.0 Å². The number of nitrogens with one attached hydrogen (secondary N) is 1. The summed E-state index contributed by atoms with van der Waals surface area (Å²) in [4.78, 5) is 11.7. The maximum Gasteiger partial charge on any atom is 0.291 e. The number of hydrogen-bond acceptors (Lipinski definition) is 2. The van der Waals surface area contributed by atoms with Gasteiger partial charge in [0.05, 0.1) is 5.88 Å². The number of carbonyl (C=O) groups excluding carboxylic acids is 1. The predicted molar refractivity (Wildman–Crippen MR) is 62.6 cm³/mol. The van der Waals surface area contributed by atoms with Gasteiger partial charge in [-0.1, -0.05) is 0 Å². The van der Waals surface area contributed by atoms with Crippen LogP contribution in [0, 0.1) is 11.6 Å². The first kappa shape index (κ1) is 12.6. The van der Waals surface area contributed by atoms with E-state index in [9.17, 15) is 13.6 Å². The number of furan rings is 1. The van der Waals surface area contributed by atoms with Crippen LogP contribution in [0.2, 0.25) is 0 Å². The van der Waals surface area contributed by atoms with Crippen LogP contribution >= 0.6 is 11.6 Å². The Morgan fingerprint density at radius 1 is 1.22 bits per heavy atom. The third-order valence-corrected chi connectivity index (χ3v) is 2.46. The molecule has 1 aromatic carbocycles. The Morgan fingerprint density at radius 2 is 2.00 bits per heavy atom. The minimum atomic E-state index is -1.03. The number of amides is 1. The summed E-state index contributed by atoms with van der Waals surface area (Å²) in [6.07, 6.45) is 0.